The molecule has 194 valence electrons. The monoisotopic (exact) mass is 529 g/mol. The number of halogens is 2. The van der Waals surface area contributed by atoms with E-state index in [1.165, 1.54) is 25.7 Å². The number of carbonyl (C=O) groups excluding carboxylic acids is 2. The van der Waals surface area contributed by atoms with E-state index in [0.29, 0.717) is 29.0 Å². The average Bonchev–Trinajstić information content (AvgIpc) is 3.26. The summed E-state index contributed by atoms with van der Waals surface area (Å²) in [6, 6.07) is 14.2. The van der Waals surface area contributed by atoms with Crippen molar-refractivity contribution in [3.63, 3.8) is 0 Å². The van der Waals surface area contributed by atoms with Crippen molar-refractivity contribution < 1.29 is 9.59 Å². The SMILES string of the molecule is Cl.O=C(NN1CCCCC1)c1cccc(-c2ccc(CC3CCN(C4CCCCC4)C3=O)c(Cl)c2)c1. The van der Waals surface area contributed by atoms with Crippen LogP contribution in [-0.4, -0.2) is 47.4 Å². The van der Waals surface area contributed by atoms with Crippen LogP contribution in [0.25, 0.3) is 11.1 Å². The van der Waals surface area contributed by atoms with Gasteiger partial charge in [0.15, 0.2) is 0 Å². The quantitative estimate of drug-likeness (QED) is 0.478. The van der Waals surface area contributed by atoms with Gasteiger partial charge in [0.1, 0.15) is 0 Å². The van der Waals surface area contributed by atoms with Crippen molar-refractivity contribution in [3.05, 3.63) is 58.6 Å². The fourth-order valence-electron chi connectivity index (χ4n) is 5.92. The number of carbonyl (C=O) groups is 2. The predicted molar refractivity (Wildman–Crippen MR) is 147 cm³/mol. The molecule has 7 heteroatoms. The van der Waals surface area contributed by atoms with Crippen molar-refractivity contribution in [2.45, 2.75) is 70.3 Å². The summed E-state index contributed by atoms with van der Waals surface area (Å²) in [6.07, 6.45) is 11.2. The third kappa shape index (κ3) is 6.24. The molecule has 2 amide bonds. The topological polar surface area (TPSA) is 52.7 Å². The van der Waals surface area contributed by atoms with E-state index < -0.39 is 0 Å². The van der Waals surface area contributed by atoms with Gasteiger partial charge in [-0.05, 0) is 73.4 Å². The van der Waals surface area contributed by atoms with Gasteiger partial charge >= 0.3 is 0 Å². The number of rotatable bonds is 6. The van der Waals surface area contributed by atoms with Crippen molar-refractivity contribution in [1.29, 1.82) is 0 Å². The summed E-state index contributed by atoms with van der Waals surface area (Å²) in [6.45, 7) is 2.70. The molecule has 5 nitrogen and oxygen atoms in total. The standard InChI is InChI=1S/C29H36ClN3O2.ClH/c30-27-20-22(21-8-7-9-24(18-21)28(34)31-32-15-5-2-6-16-32)12-13-23(27)19-25-14-17-33(29(25)35)26-10-3-1-4-11-26;/h7-9,12-13,18,20,25-26H,1-6,10-11,14-17,19H2,(H,31,34);1H. The molecule has 0 radical (unpaired) electrons. The van der Waals surface area contributed by atoms with E-state index in [0.717, 1.165) is 68.4 Å². The maximum Gasteiger partial charge on any atom is 0.265 e. The Labute approximate surface area is 225 Å². The smallest absolute Gasteiger partial charge is 0.265 e. The molecule has 0 aromatic heterocycles. The van der Waals surface area contributed by atoms with Gasteiger partial charge in [-0.15, -0.1) is 12.4 Å². The molecule has 1 N–H and O–H groups in total. The number of nitrogens with one attached hydrogen (secondary N) is 1. The number of hydrogen-bond acceptors (Lipinski definition) is 3. The molecule has 2 aromatic carbocycles. The van der Waals surface area contributed by atoms with Crippen LogP contribution in [0.15, 0.2) is 42.5 Å². The van der Waals surface area contributed by atoms with Gasteiger partial charge in [-0.3, -0.25) is 15.0 Å². The maximum atomic E-state index is 13.1. The summed E-state index contributed by atoms with van der Waals surface area (Å²) in [5.41, 5.74) is 6.65. The second-order valence-electron chi connectivity index (χ2n) is 10.4. The molecule has 3 aliphatic rings. The Bertz CT molecular complexity index is 1060. The van der Waals surface area contributed by atoms with Crippen LogP contribution in [0.3, 0.4) is 0 Å². The molecule has 1 saturated carbocycles. The molecule has 0 spiro atoms. The van der Waals surface area contributed by atoms with Crippen molar-refractivity contribution in [3.8, 4) is 11.1 Å². The summed E-state index contributed by atoms with van der Waals surface area (Å²) in [5.74, 6) is 0.269. The minimum atomic E-state index is -0.0706. The average molecular weight is 531 g/mol. The minimum absolute atomic E-state index is 0. The van der Waals surface area contributed by atoms with Crippen LogP contribution in [-0.2, 0) is 11.2 Å². The molecule has 1 atom stereocenters. The Hall–Kier alpha value is -2.08. The first-order chi connectivity index (χ1) is 17.1. The van der Waals surface area contributed by atoms with E-state index in [2.05, 4.69) is 22.5 Å². The first-order valence-electron chi connectivity index (χ1n) is 13.3. The molecule has 2 saturated heterocycles. The predicted octanol–water partition coefficient (Wildman–Crippen LogP) is 6.28. The second kappa shape index (κ2) is 12.4. The molecule has 0 bridgehead atoms. The van der Waals surface area contributed by atoms with Gasteiger partial charge in [-0.2, -0.15) is 0 Å². The molecule has 3 fully saturated rings. The zero-order valence-corrected chi connectivity index (χ0v) is 22.5. The van der Waals surface area contributed by atoms with Gasteiger partial charge < -0.3 is 4.90 Å². The van der Waals surface area contributed by atoms with Gasteiger partial charge in [0.2, 0.25) is 5.91 Å². The van der Waals surface area contributed by atoms with E-state index >= 15 is 0 Å². The van der Waals surface area contributed by atoms with Crippen molar-refractivity contribution in [2.75, 3.05) is 19.6 Å². The molecule has 36 heavy (non-hydrogen) atoms. The number of hydrazine groups is 1. The van der Waals surface area contributed by atoms with Crippen LogP contribution in [0, 0.1) is 5.92 Å². The fraction of sp³-hybridized carbons (Fsp3) is 0.517. The summed E-state index contributed by atoms with van der Waals surface area (Å²) in [4.78, 5) is 28.0. The van der Waals surface area contributed by atoms with E-state index in [1.54, 1.807) is 0 Å². The van der Waals surface area contributed by atoms with Crippen molar-refractivity contribution in [1.82, 2.24) is 15.3 Å². The van der Waals surface area contributed by atoms with Crippen LogP contribution in [0.4, 0.5) is 0 Å². The maximum absolute atomic E-state index is 13.1. The summed E-state index contributed by atoms with van der Waals surface area (Å²) in [5, 5.41) is 2.71. The third-order valence-electron chi connectivity index (χ3n) is 7.96. The molecule has 5 rings (SSSR count). The van der Waals surface area contributed by atoms with Gasteiger partial charge in [-0.25, -0.2) is 5.01 Å². The van der Waals surface area contributed by atoms with Gasteiger partial charge in [0.25, 0.3) is 5.91 Å². The number of nitrogens with zero attached hydrogens (tertiary/aromatic N) is 2. The Morgan fingerprint density at radius 3 is 2.36 bits per heavy atom. The highest BCUT2D eigenvalue weighted by Crippen LogP contribution is 2.33. The molecule has 2 heterocycles. The van der Waals surface area contributed by atoms with E-state index in [9.17, 15) is 9.59 Å². The molecule has 2 aliphatic heterocycles. The number of benzene rings is 2. The van der Waals surface area contributed by atoms with E-state index in [1.807, 2.05) is 35.3 Å². The Morgan fingerprint density at radius 2 is 1.61 bits per heavy atom. The molecular weight excluding hydrogens is 493 g/mol. The summed E-state index contributed by atoms with van der Waals surface area (Å²) in [7, 11) is 0. The fourth-order valence-corrected chi connectivity index (χ4v) is 6.18. The Balaban J connectivity index is 0.00000304. The van der Waals surface area contributed by atoms with Crippen LogP contribution < -0.4 is 5.43 Å². The molecule has 2 aromatic rings. The third-order valence-corrected chi connectivity index (χ3v) is 8.31. The van der Waals surface area contributed by atoms with Crippen LogP contribution in [0.5, 0.6) is 0 Å². The molecular formula is C29H37Cl2N3O2. The number of hydrogen-bond donors (Lipinski definition) is 1. The summed E-state index contributed by atoms with van der Waals surface area (Å²) >= 11 is 6.71. The highest BCUT2D eigenvalue weighted by Gasteiger charge is 2.36. The van der Waals surface area contributed by atoms with Gasteiger partial charge in [0.05, 0.1) is 0 Å². The first-order valence-corrected chi connectivity index (χ1v) is 13.7. The van der Waals surface area contributed by atoms with Crippen molar-refractivity contribution in [2.24, 2.45) is 5.92 Å². The zero-order chi connectivity index (χ0) is 24.2. The molecule has 1 unspecified atom stereocenters. The number of piperidine rings is 1. The van der Waals surface area contributed by atoms with E-state index in [4.69, 9.17) is 11.6 Å². The molecule has 1 aliphatic carbocycles. The Morgan fingerprint density at radius 1 is 0.889 bits per heavy atom. The summed E-state index contributed by atoms with van der Waals surface area (Å²) < 4.78 is 0. The lowest BCUT2D eigenvalue weighted by Crippen LogP contribution is -2.45. The lowest BCUT2D eigenvalue weighted by molar-refractivity contribution is -0.133. The highest BCUT2D eigenvalue weighted by atomic mass is 35.5. The van der Waals surface area contributed by atoms with Gasteiger partial charge in [-0.1, -0.05) is 61.5 Å². The number of amides is 2. The lowest BCUT2D eigenvalue weighted by atomic mass is 9.93. The minimum Gasteiger partial charge on any atom is -0.339 e. The largest absolute Gasteiger partial charge is 0.339 e. The van der Waals surface area contributed by atoms with E-state index in [-0.39, 0.29) is 24.2 Å². The lowest BCUT2D eigenvalue weighted by Gasteiger charge is -2.31. The van der Waals surface area contributed by atoms with Gasteiger partial charge in [0, 0.05) is 42.2 Å². The van der Waals surface area contributed by atoms with Crippen LogP contribution in [0.1, 0.15) is 73.7 Å². The van der Waals surface area contributed by atoms with Crippen LogP contribution in [0.2, 0.25) is 5.02 Å². The normalized spacial score (nSPS) is 21.3. The first kappa shape index (κ1) is 27.0. The Kier molecular flexibility index (Phi) is 9.32. The highest BCUT2D eigenvalue weighted by molar-refractivity contribution is 6.31. The number of likely N-dealkylation sites (tertiary alicyclic amines) is 1. The van der Waals surface area contributed by atoms with Crippen LogP contribution >= 0.6 is 24.0 Å². The van der Waals surface area contributed by atoms with Crippen molar-refractivity contribution >= 4 is 35.8 Å². The second-order valence-corrected chi connectivity index (χ2v) is 10.8. The zero-order valence-electron chi connectivity index (χ0n) is 20.9.